The van der Waals surface area contributed by atoms with Gasteiger partial charge >= 0.3 is 0 Å². The van der Waals surface area contributed by atoms with Gasteiger partial charge in [-0.25, -0.2) is 9.37 Å². The third kappa shape index (κ3) is 2.63. The molecule has 5 heteroatoms. The molecule has 1 saturated heterocycles. The minimum absolute atomic E-state index is 0.203. The van der Waals surface area contributed by atoms with Gasteiger partial charge in [0, 0.05) is 6.04 Å². The highest BCUT2D eigenvalue weighted by molar-refractivity contribution is 7.18. The van der Waals surface area contributed by atoms with E-state index in [1.54, 1.807) is 23.5 Å². The molecule has 1 N–H and O–H groups in total. The minimum atomic E-state index is -0.203. The van der Waals surface area contributed by atoms with E-state index in [0.29, 0.717) is 12.6 Å². The number of nitrogens with one attached hydrogen (secondary N) is 1. The van der Waals surface area contributed by atoms with Gasteiger partial charge in [0.2, 0.25) is 0 Å². The lowest BCUT2D eigenvalue weighted by atomic mass is 10.0. The fourth-order valence-corrected chi connectivity index (χ4v) is 3.55. The molecule has 0 saturated carbocycles. The fraction of sp³-hybridized carbons (Fsp3) is 0.500. The molecular weight excluding hydrogens is 263 g/mol. The fourth-order valence-electron chi connectivity index (χ4n) is 2.40. The van der Waals surface area contributed by atoms with Crippen LogP contribution < -0.4 is 5.32 Å². The van der Waals surface area contributed by atoms with Crippen molar-refractivity contribution in [1.29, 1.82) is 0 Å². The lowest BCUT2D eigenvalue weighted by Crippen LogP contribution is -2.34. The van der Waals surface area contributed by atoms with E-state index in [1.165, 1.54) is 6.07 Å². The maximum absolute atomic E-state index is 13.2. The summed E-state index contributed by atoms with van der Waals surface area (Å²) in [4.78, 5) is 4.63. The topological polar surface area (TPSA) is 34.1 Å². The molecule has 1 aliphatic rings. The van der Waals surface area contributed by atoms with Crippen molar-refractivity contribution in [2.45, 2.75) is 25.3 Å². The monoisotopic (exact) mass is 280 g/mol. The van der Waals surface area contributed by atoms with Crippen LogP contribution in [0.5, 0.6) is 0 Å². The first-order chi connectivity index (χ1) is 9.28. The Balaban J connectivity index is 1.86. The van der Waals surface area contributed by atoms with E-state index in [4.69, 9.17) is 4.74 Å². The lowest BCUT2D eigenvalue weighted by Gasteiger charge is -2.16. The molecule has 2 unspecified atom stereocenters. The number of nitrogens with zero attached hydrogens (tertiary/aromatic N) is 1. The number of hydrogen-bond acceptors (Lipinski definition) is 4. The molecule has 1 fully saturated rings. The summed E-state index contributed by atoms with van der Waals surface area (Å²) in [5, 5.41) is 4.55. The summed E-state index contributed by atoms with van der Waals surface area (Å²) >= 11 is 1.57. The largest absolute Gasteiger partial charge is 0.379 e. The second-order valence-corrected chi connectivity index (χ2v) is 5.93. The summed E-state index contributed by atoms with van der Waals surface area (Å²) in [6, 6.07) is 5.09. The van der Waals surface area contributed by atoms with Gasteiger partial charge in [-0.2, -0.15) is 0 Å². The van der Waals surface area contributed by atoms with Crippen molar-refractivity contribution in [3.8, 4) is 0 Å². The van der Waals surface area contributed by atoms with E-state index >= 15 is 0 Å². The number of benzene rings is 1. The molecule has 0 spiro atoms. The Labute approximate surface area is 115 Å². The van der Waals surface area contributed by atoms with Crippen LogP contribution in [0.2, 0.25) is 0 Å². The van der Waals surface area contributed by atoms with E-state index < -0.39 is 0 Å². The van der Waals surface area contributed by atoms with Crippen LogP contribution in [-0.2, 0) is 4.74 Å². The van der Waals surface area contributed by atoms with Gasteiger partial charge in [-0.3, -0.25) is 0 Å². The van der Waals surface area contributed by atoms with Crippen molar-refractivity contribution in [3.05, 3.63) is 29.0 Å². The van der Waals surface area contributed by atoms with Gasteiger partial charge < -0.3 is 10.1 Å². The second-order valence-electron chi connectivity index (χ2n) is 4.87. The number of thiazole rings is 1. The zero-order valence-corrected chi connectivity index (χ0v) is 11.7. The maximum Gasteiger partial charge on any atom is 0.124 e. The van der Waals surface area contributed by atoms with E-state index in [-0.39, 0.29) is 11.7 Å². The molecule has 1 aliphatic heterocycles. The van der Waals surface area contributed by atoms with E-state index in [1.807, 2.05) is 0 Å². The molecule has 2 atom stereocenters. The van der Waals surface area contributed by atoms with Crippen molar-refractivity contribution in [1.82, 2.24) is 10.3 Å². The highest BCUT2D eigenvalue weighted by atomic mass is 32.1. The molecule has 3 nitrogen and oxygen atoms in total. The predicted octanol–water partition coefficient (Wildman–Crippen LogP) is 2.92. The number of aromatic nitrogens is 1. The molecule has 2 aromatic rings. The van der Waals surface area contributed by atoms with E-state index in [0.717, 1.165) is 34.8 Å². The average Bonchev–Trinajstić information content (AvgIpc) is 3.01. The van der Waals surface area contributed by atoms with Crippen molar-refractivity contribution >= 4 is 21.6 Å². The zero-order chi connectivity index (χ0) is 13.2. The van der Waals surface area contributed by atoms with Gasteiger partial charge in [0.05, 0.1) is 29.3 Å². The van der Waals surface area contributed by atoms with Crippen molar-refractivity contribution in [3.63, 3.8) is 0 Å². The van der Waals surface area contributed by atoms with Gasteiger partial charge in [-0.15, -0.1) is 11.3 Å². The molecule has 3 rings (SSSR count). The predicted molar refractivity (Wildman–Crippen MR) is 75.2 cm³/mol. The van der Waals surface area contributed by atoms with Crippen LogP contribution in [0.3, 0.4) is 0 Å². The number of rotatable bonds is 4. The maximum atomic E-state index is 13.2. The Morgan fingerprint density at radius 3 is 3.21 bits per heavy atom. The van der Waals surface area contributed by atoms with Crippen LogP contribution in [0.4, 0.5) is 4.39 Å². The van der Waals surface area contributed by atoms with Crippen LogP contribution in [0.15, 0.2) is 18.2 Å². The number of hydrogen-bond donors (Lipinski definition) is 1. The molecule has 0 amide bonds. The Bertz CT molecular complexity index is 572. The Morgan fingerprint density at radius 1 is 1.47 bits per heavy atom. The highest BCUT2D eigenvalue weighted by Gasteiger charge is 2.31. The van der Waals surface area contributed by atoms with Gasteiger partial charge in [0.1, 0.15) is 10.8 Å². The van der Waals surface area contributed by atoms with Crippen LogP contribution in [0.25, 0.3) is 10.2 Å². The summed E-state index contributed by atoms with van der Waals surface area (Å²) in [6.07, 6.45) is 1.11. The summed E-state index contributed by atoms with van der Waals surface area (Å²) in [7, 11) is 0. The van der Waals surface area contributed by atoms with Gasteiger partial charge in [-0.1, -0.05) is 6.92 Å². The molecule has 1 aromatic carbocycles. The summed E-state index contributed by atoms with van der Waals surface area (Å²) in [5.74, 6) is 0.0815. The second kappa shape index (κ2) is 5.53. The first-order valence-electron chi connectivity index (χ1n) is 6.65. The number of fused-ring (bicyclic) bond motifs is 1. The molecule has 0 bridgehead atoms. The first-order valence-corrected chi connectivity index (χ1v) is 7.46. The molecule has 2 heterocycles. The Morgan fingerprint density at radius 2 is 2.37 bits per heavy atom. The first kappa shape index (κ1) is 13.0. The van der Waals surface area contributed by atoms with E-state index in [2.05, 4.69) is 17.2 Å². The number of halogens is 1. The van der Waals surface area contributed by atoms with Crippen molar-refractivity contribution in [2.75, 3.05) is 19.8 Å². The van der Waals surface area contributed by atoms with Crippen molar-refractivity contribution in [2.24, 2.45) is 0 Å². The minimum Gasteiger partial charge on any atom is -0.379 e. The lowest BCUT2D eigenvalue weighted by molar-refractivity contribution is 0.187. The molecular formula is C14H17FN2OS. The average molecular weight is 280 g/mol. The molecule has 102 valence electrons. The normalized spacial score (nSPS) is 23.3. The summed E-state index contributed by atoms with van der Waals surface area (Å²) in [5.41, 5.74) is 0.877. The molecule has 0 radical (unpaired) electrons. The van der Waals surface area contributed by atoms with Crippen LogP contribution in [0, 0.1) is 5.82 Å². The van der Waals surface area contributed by atoms with Crippen LogP contribution >= 0.6 is 11.3 Å². The van der Waals surface area contributed by atoms with Crippen LogP contribution in [0.1, 0.15) is 24.3 Å². The SMILES string of the molecule is CCCNC1COCC1c1nc2ccc(F)cc2s1. The summed E-state index contributed by atoms with van der Waals surface area (Å²) < 4.78 is 19.7. The van der Waals surface area contributed by atoms with Crippen LogP contribution in [-0.4, -0.2) is 30.8 Å². The van der Waals surface area contributed by atoms with Gasteiger partial charge in [0.25, 0.3) is 0 Å². The quantitative estimate of drug-likeness (QED) is 0.935. The van der Waals surface area contributed by atoms with E-state index in [9.17, 15) is 4.39 Å². The zero-order valence-electron chi connectivity index (χ0n) is 10.9. The molecule has 1 aromatic heterocycles. The van der Waals surface area contributed by atoms with Crippen molar-refractivity contribution < 1.29 is 9.13 Å². The third-order valence-corrected chi connectivity index (χ3v) is 4.57. The summed E-state index contributed by atoms with van der Waals surface area (Å²) in [6.45, 7) is 4.57. The highest BCUT2D eigenvalue weighted by Crippen LogP contribution is 2.32. The smallest absolute Gasteiger partial charge is 0.124 e. The third-order valence-electron chi connectivity index (χ3n) is 3.42. The number of ether oxygens (including phenoxy) is 1. The molecule has 0 aliphatic carbocycles. The van der Waals surface area contributed by atoms with Gasteiger partial charge in [-0.05, 0) is 31.2 Å². The van der Waals surface area contributed by atoms with Gasteiger partial charge in [0.15, 0.2) is 0 Å². The Hall–Kier alpha value is -1.04. The molecule has 19 heavy (non-hydrogen) atoms. The Kier molecular flexibility index (Phi) is 3.77. The standard InChI is InChI=1S/C14H17FN2OS/c1-2-5-16-12-8-18-7-10(12)14-17-11-4-3-9(15)6-13(11)19-14/h3-4,6,10,12,16H,2,5,7-8H2,1H3.